The summed E-state index contributed by atoms with van der Waals surface area (Å²) in [5.41, 5.74) is 3.21. The van der Waals surface area contributed by atoms with Crippen LogP contribution in [-0.2, 0) is 21.0 Å². The first-order valence-corrected chi connectivity index (χ1v) is 13.3. The fourth-order valence-electron chi connectivity index (χ4n) is 3.98. The number of carbonyl (C=O) groups excluding carboxylic acids is 1. The van der Waals surface area contributed by atoms with Gasteiger partial charge >= 0.3 is 6.18 Å². The van der Waals surface area contributed by atoms with Crippen LogP contribution in [0.25, 0.3) is 0 Å². The Labute approximate surface area is 220 Å². The molecule has 3 aromatic carbocycles. The molecule has 0 saturated heterocycles. The molecule has 10 heteroatoms. The molecule has 0 heterocycles. The Balaban J connectivity index is 2.01. The zero-order chi connectivity index (χ0) is 27.7. The highest BCUT2D eigenvalue weighted by Gasteiger charge is 2.35. The molecule has 0 saturated carbocycles. The topological polar surface area (TPSA) is 66.5 Å². The number of benzene rings is 3. The summed E-state index contributed by atoms with van der Waals surface area (Å²) in [6, 6.07) is 12.1. The number of nitrogens with zero attached hydrogens (tertiary/aromatic N) is 1. The highest BCUT2D eigenvalue weighted by atomic mass is 35.5. The molecule has 1 N–H and O–H groups in total. The molecule has 1 amide bonds. The van der Waals surface area contributed by atoms with Crippen LogP contribution < -0.4 is 9.62 Å². The van der Waals surface area contributed by atoms with Crippen molar-refractivity contribution in [3.63, 3.8) is 0 Å². The van der Waals surface area contributed by atoms with Gasteiger partial charge in [0.15, 0.2) is 0 Å². The van der Waals surface area contributed by atoms with Gasteiger partial charge in [0.05, 0.1) is 27.2 Å². The summed E-state index contributed by atoms with van der Waals surface area (Å²) in [5, 5.41) is 2.20. The van der Waals surface area contributed by atoms with Crippen molar-refractivity contribution in [1.82, 2.24) is 5.32 Å². The van der Waals surface area contributed by atoms with Gasteiger partial charge < -0.3 is 5.32 Å². The highest BCUT2D eigenvalue weighted by Crippen LogP contribution is 2.38. The van der Waals surface area contributed by atoms with Gasteiger partial charge in [0, 0.05) is 0 Å². The molecule has 198 valence electrons. The number of carbonyl (C=O) groups is 1. The molecular weight excluding hydrogens is 525 g/mol. The second-order valence-electron chi connectivity index (χ2n) is 9.07. The summed E-state index contributed by atoms with van der Waals surface area (Å²) in [6.07, 6.45) is -4.82. The fourth-order valence-corrected chi connectivity index (χ4v) is 5.62. The minimum Gasteiger partial charge on any atom is -0.348 e. The van der Waals surface area contributed by atoms with Gasteiger partial charge in [-0.1, -0.05) is 41.4 Å². The van der Waals surface area contributed by atoms with Crippen LogP contribution in [0.4, 0.5) is 18.9 Å². The van der Waals surface area contributed by atoms with Crippen molar-refractivity contribution in [2.24, 2.45) is 0 Å². The summed E-state index contributed by atoms with van der Waals surface area (Å²) >= 11 is 5.75. The van der Waals surface area contributed by atoms with E-state index in [0.717, 1.165) is 39.9 Å². The summed E-state index contributed by atoms with van der Waals surface area (Å²) in [6.45, 7) is 8.63. The Morgan fingerprint density at radius 3 is 2.14 bits per heavy atom. The largest absolute Gasteiger partial charge is 0.417 e. The van der Waals surface area contributed by atoms with Crippen LogP contribution >= 0.6 is 11.6 Å². The first kappa shape index (κ1) is 28.5. The summed E-state index contributed by atoms with van der Waals surface area (Å²) in [5.74, 6) is -0.677. The third-order valence-corrected chi connectivity index (χ3v) is 8.28. The maximum Gasteiger partial charge on any atom is 0.417 e. The lowest BCUT2D eigenvalue weighted by Gasteiger charge is -2.26. The van der Waals surface area contributed by atoms with E-state index in [9.17, 15) is 26.4 Å². The molecular formula is C27H28ClF3N2O3S. The first-order valence-electron chi connectivity index (χ1n) is 11.4. The number of anilines is 1. The first-order chi connectivity index (χ1) is 17.1. The van der Waals surface area contributed by atoms with Crippen molar-refractivity contribution in [2.75, 3.05) is 10.8 Å². The van der Waals surface area contributed by atoms with Crippen LogP contribution in [0.5, 0.6) is 0 Å². The SMILES string of the molecule is Cc1ccc(S(=O)(=O)N(CC(=O)NC(C)c2cc(C)c(C)cc2C)c2ccc(Cl)c(C(F)(F)F)c2)cc1. The average molecular weight is 553 g/mol. The fraction of sp³-hybridized carbons (Fsp3) is 0.296. The summed E-state index contributed by atoms with van der Waals surface area (Å²) < 4.78 is 68.4. The number of alkyl halides is 3. The average Bonchev–Trinajstić information content (AvgIpc) is 2.79. The van der Waals surface area contributed by atoms with Crippen molar-refractivity contribution in [1.29, 1.82) is 0 Å². The molecule has 1 unspecified atom stereocenters. The maximum absolute atomic E-state index is 13.5. The number of amides is 1. The number of rotatable bonds is 7. The minimum atomic E-state index is -4.82. The van der Waals surface area contributed by atoms with Crippen molar-refractivity contribution in [3.8, 4) is 0 Å². The Morgan fingerprint density at radius 2 is 1.54 bits per heavy atom. The molecule has 3 rings (SSSR count). The van der Waals surface area contributed by atoms with Crippen LogP contribution in [0.1, 0.15) is 46.3 Å². The van der Waals surface area contributed by atoms with Gasteiger partial charge in [-0.2, -0.15) is 13.2 Å². The molecule has 3 aromatic rings. The number of hydrogen-bond acceptors (Lipinski definition) is 3. The van der Waals surface area contributed by atoms with Gasteiger partial charge in [-0.15, -0.1) is 0 Å². The highest BCUT2D eigenvalue weighted by molar-refractivity contribution is 7.92. The predicted octanol–water partition coefficient (Wildman–Crippen LogP) is 6.67. The summed E-state index contributed by atoms with van der Waals surface area (Å²) in [4.78, 5) is 12.9. The van der Waals surface area contributed by atoms with Crippen molar-refractivity contribution >= 4 is 33.2 Å². The molecule has 0 aliphatic rings. The molecule has 0 aliphatic carbocycles. The van der Waals surface area contributed by atoms with E-state index in [-0.39, 0.29) is 10.6 Å². The van der Waals surface area contributed by atoms with Gasteiger partial charge in [-0.05, 0) is 87.2 Å². The van der Waals surface area contributed by atoms with Gasteiger partial charge in [0.25, 0.3) is 10.0 Å². The number of nitrogens with one attached hydrogen (secondary N) is 1. The van der Waals surface area contributed by atoms with Crippen LogP contribution in [0.2, 0.25) is 5.02 Å². The van der Waals surface area contributed by atoms with Crippen LogP contribution in [-0.4, -0.2) is 20.9 Å². The third kappa shape index (κ3) is 6.45. The lowest BCUT2D eigenvalue weighted by Crippen LogP contribution is -2.41. The molecule has 1 atom stereocenters. The smallest absolute Gasteiger partial charge is 0.348 e. The van der Waals surface area contributed by atoms with Crippen LogP contribution in [0.15, 0.2) is 59.5 Å². The third-order valence-electron chi connectivity index (χ3n) is 6.17. The van der Waals surface area contributed by atoms with Crippen LogP contribution in [0.3, 0.4) is 0 Å². The zero-order valence-corrected chi connectivity index (χ0v) is 22.6. The predicted molar refractivity (Wildman–Crippen MR) is 139 cm³/mol. The second-order valence-corrected chi connectivity index (χ2v) is 11.3. The number of aryl methyl sites for hydroxylation is 4. The van der Waals surface area contributed by atoms with Crippen molar-refractivity contribution in [3.05, 3.63) is 93.0 Å². The lowest BCUT2D eigenvalue weighted by molar-refractivity contribution is -0.137. The molecule has 0 spiro atoms. The normalized spacial score (nSPS) is 12.8. The Kier molecular flexibility index (Phi) is 8.29. The monoisotopic (exact) mass is 552 g/mol. The van der Waals surface area contributed by atoms with E-state index < -0.39 is 45.3 Å². The van der Waals surface area contributed by atoms with Crippen molar-refractivity contribution in [2.45, 2.75) is 51.7 Å². The van der Waals surface area contributed by atoms with E-state index in [0.29, 0.717) is 10.4 Å². The molecule has 0 bridgehead atoms. The second kappa shape index (κ2) is 10.8. The van der Waals surface area contributed by atoms with Gasteiger partial charge in [0.1, 0.15) is 6.54 Å². The lowest BCUT2D eigenvalue weighted by atomic mass is 9.96. The number of halogens is 4. The zero-order valence-electron chi connectivity index (χ0n) is 21.1. The Bertz CT molecular complexity index is 1420. The molecule has 0 fully saturated rings. The van der Waals surface area contributed by atoms with E-state index in [1.54, 1.807) is 26.0 Å². The molecule has 37 heavy (non-hydrogen) atoms. The van der Waals surface area contributed by atoms with E-state index >= 15 is 0 Å². The van der Waals surface area contributed by atoms with Gasteiger partial charge in [0.2, 0.25) is 5.91 Å². The maximum atomic E-state index is 13.5. The van der Waals surface area contributed by atoms with E-state index in [1.165, 1.54) is 12.1 Å². The Hall–Kier alpha value is -3.04. The van der Waals surface area contributed by atoms with Crippen molar-refractivity contribution < 1.29 is 26.4 Å². The standard InChI is InChI=1S/C27H28ClF3N2O3S/c1-16-6-9-22(10-7-16)37(35,36)33(21-8-11-25(28)24(14-21)27(29,30)31)15-26(34)32-20(5)23-13-18(3)17(2)12-19(23)4/h6-14,20H,15H2,1-5H3,(H,32,34). The van der Waals surface area contributed by atoms with E-state index in [2.05, 4.69) is 5.32 Å². The molecule has 0 radical (unpaired) electrons. The molecule has 5 nitrogen and oxygen atoms in total. The number of sulfonamides is 1. The quantitative estimate of drug-likeness (QED) is 0.356. The van der Waals surface area contributed by atoms with E-state index in [4.69, 9.17) is 11.6 Å². The summed E-state index contributed by atoms with van der Waals surface area (Å²) in [7, 11) is -4.40. The number of hydrogen-bond donors (Lipinski definition) is 1. The van der Waals surface area contributed by atoms with E-state index in [1.807, 2.05) is 32.9 Å². The Morgan fingerprint density at radius 1 is 0.946 bits per heavy atom. The van der Waals surface area contributed by atoms with Crippen LogP contribution in [0, 0.1) is 27.7 Å². The minimum absolute atomic E-state index is 0.160. The molecule has 0 aromatic heterocycles. The molecule has 0 aliphatic heterocycles. The van der Waals surface area contributed by atoms with Gasteiger partial charge in [-0.3, -0.25) is 9.10 Å². The van der Waals surface area contributed by atoms with Gasteiger partial charge in [-0.25, -0.2) is 8.42 Å².